The molecule has 4 heterocycles. The molecule has 10 aromatic rings. The zero-order valence-electron chi connectivity index (χ0n) is 45.0. The molecule has 3 nitrogen and oxygen atoms in total. The number of furan rings is 1. The molecular formula is C71H63BN2O. The van der Waals surface area contributed by atoms with Gasteiger partial charge in [0.1, 0.15) is 11.2 Å². The van der Waals surface area contributed by atoms with E-state index in [9.17, 15) is 0 Å². The lowest BCUT2D eigenvalue weighted by molar-refractivity contribution is 0.332. The Morgan fingerprint density at radius 3 is 1.73 bits per heavy atom. The normalized spacial score (nSPS) is 16.8. The first-order valence-electron chi connectivity index (χ1n) is 27.4. The summed E-state index contributed by atoms with van der Waals surface area (Å²) in [6.07, 6.45) is 2.28. The lowest BCUT2D eigenvalue weighted by atomic mass is 9.42. The van der Waals surface area contributed by atoms with Gasteiger partial charge < -0.3 is 14.1 Å². The molecule has 0 atom stereocenters. The van der Waals surface area contributed by atoms with Crippen molar-refractivity contribution in [3.8, 4) is 33.4 Å². The van der Waals surface area contributed by atoms with E-state index in [1.54, 1.807) is 0 Å². The molecule has 0 unspecified atom stereocenters. The zero-order valence-corrected chi connectivity index (χ0v) is 45.0. The minimum atomic E-state index is -0.527. The number of para-hydroxylation sites is 2. The Kier molecular flexibility index (Phi) is 8.89. The third-order valence-corrected chi connectivity index (χ3v) is 18.6. The van der Waals surface area contributed by atoms with Crippen molar-refractivity contribution in [2.24, 2.45) is 0 Å². The SMILES string of the molecule is CC(C)(C)c1ccc(N2c3cc(C(C)(C)C)cc4c3B(c3ccc5oc6cc7c(cc6c5c32)C(C)(C)CCC7(C)C)N2c3ccccc3C3(c5ccccc5-c5ccccc53)c3cccc-4c32)c(-c2ccccc2)c1. The molecule has 0 saturated heterocycles. The Balaban J connectivity index is 1.13. The van der Waals surface area contributed by atoms with Crippen LogP contribution in [0.1, 0.15) is 127 Å². The van der Waals surface area contributed by atoms with Crippen LogP contribution in [0.3, 0.4) is 0 Å². The molecular weight excluding hydrogens is 908 g/mol. The van der Waals surface area contributed by atoms with Gasteiger partial charge in [0.05, 0.1) is 22.2 Å². The Labute approximate surface area is 443 Å². The van der Waals surface area contributed by atoms with E-state index in [1.807, 2.05) is 0 Å². The van der Waals surface area contributed by atoms with E-state index in [-0.39, 0.29) is 28.5 Å². The number of hydrogen-bond donors (Lipinski definition) is 0. The van der Waals surface area contributed by atoms with Gasteiger partial charge in [-0.3, -0.25) is 0 Å². The van der Waals surface area contributed by atoms with Gasteiger partial charge in [0, 0.05) is 33.6 Å². The number of hydrogen-bond acceptors (Lipinski definition) is 3. The standard InChI is InChI=1S/C71H63BN2O/c1-67(2,3)43-31-33-58(48(37-43)42-21-12-11-13-22-42)73-60-39-44(68(4,5)6)38-49-47-25-20-29-54-65(47)74(59-30-19-18-28-53(59)71(54)51-26-16-14-23-45(51)46-24-15-17-27-52(46)71)72(64(49)60)57-32-34-61-63(66(57)73)50-40-55-56(41-62(50)75-61)70(9,10)36-35-69(55,7)8/h11-34,37-41H,35-36H2,1-10H3. The summed E-state index contributed by atoms with van der Waals surface area (Å²) in [5.74, 6) is 0. The van der Waals surface area contributed by atoms with Gasteiger partial charge in [-0.15, -0.1) is 0 Å². The Morgan fingerprint density at radius 2 is 1.04 bits per heavy atom. The van der Waals surface area contributed by atoms with Crippen molar-refractivity contribution >= 4 is 68.1 Å². The summed E-state index contributed by atoms with van der Waals surface area (Å²) in [5, 5.41) is 2.37. The minimum absolute atomic E-state index is 0.0119. The maximum absolute atomic E-state index is 7.27. The molecule has 0 amide bonds. The molecule has 1 aromatic heterocycles. The van der Waals surface area contributed by atoms with Gasteiger partial charge in [-0.05, 0) is 155 Å². The molecule has 366 valence electrons. The number of nitrogens with zero attached hydrogens (tertiary/aromatic N) is 2. The molecule has 0 fully saturated rings. The van der Waals surface area contributed by atoms with Crippen molar-refractivity contribution in [1.29, 1.82) is 0 Å². The maximum atomic E-state index is 7.27. The summed E-state index contributed by atoms with van der Waals surface area (Å²) in [4.78, 5) is 5.46. The fourth-order valence-electron chi connectivity index (χ4n) is 14.7. The average Bonchev–Trinajstić information content (AvgIpc) is 3.92. The number of fused-ring (bicyclic) bond motifs is 18. The highest BCUT2D eigenvalue weighted by Crippen LogP contribution is 2.65. The van der Waals surface area contributed by atoms with E-state index in [0.717, 1.165) is 24.0 Å². The fourth-order valence-corrected chi connectivity index (χ4v) is 14.7. The topological polar surface area (TPSA) is 19.6 Å². The monoisotopic (exact) mass is 971 g/mol. The third kappa shape index (κ3) is 5.89. The molecule has 0 saturated carbocycles. The average molecular weight is 971 g/mol. The van der Waals surface area contributed by atoms with Crippen LogP contribution in [0.4, 0.5) is 28.4 Å². The quantitative estimate of drug-likeness (QED) is 0.161. The van der Waals surface area contributed by atoms with Crippen LogP contribution in [0.2, 0.25) is 0 Å². The lowest BCUT2D eigenvalue weighted by Gasteiger charge is -2.52. The smallest absolute Gasteiger partial charge is 0.333 e. The Morgan fingerprint density at radius 1 is 0.440 bits per heavy atom. The van der Waals surface area contributed by atoms with Gasteiger partial charge in [0.2, 0.25) is 0 Å². The van der Waals surface area contributed by atoms with Crippen LogP contribution < -0.4 is 20.6 Å². The van der Waals surface area contributed by atoms with Crippen molar-refractivity contribution in [2.45, 2.75) is 109 Å². The largest absolute Gasteiger partial charge is 0.456 e. The van der Waals surface area contributed by atoms with Crippen LogP contribution >= 0.6 is 0 Å². The van der Waals surface area contributed by atoms with Gasteiger partial charge in [0.25, 0.3) is 0 Å². The molecule has 5 aliphatic rings. The second-order valence-corrected chi connectivity index (χ2v) is 25.9. The van der Waals surface area contributed by atoms with Gasteiger partial charge in [-0.25, -0.2) is 0 Å². The van der Waals surface area contributed by atoms with Crippen LogP contribution in [0.15, 0.2) is 180 Å². The number of rotatable bonds is 2. The van der Waals surface area contributed by atoms with E-state index in [0.29, 0.717) is 0 Å². The summed E-state index contributed by atoms with van der Waals surface area (Å²) in [7, 11) is 0. The van der Waals surface area contributed by atoms with Crippen LogP contribution in [-0.4, -0.2) is 6.85 Å². The van der Waals surface area contributed by atoms with Gasteiger partial charge in [-0.2, -0.15) is 0 Å². The van der Waals surface area contributed by atoms with Gasteiger partial charge in [-0.1, -0.05) is 203 Å². The molecule has 3 aliphatic heterocycles. The molecule has 4 heteroatoms. The van der Waals surface area contributed by atoms with Crippen molar-refractivity contribution in [2.75, 3.05) is 9.71 Å². The maximum Gasteiger partial charge on any atom is 0.333 e. The summed E-state index contributed by atoms with van der Waals surface area (Å²) >= 11 is 0. The van der Waals surface area contributed by atoms with Crippen molar-refractivity contribution in [3.63, 3.8) is 0 Å². The second kappa shape index (κ2) is 14.8. The predicted octanol–water partition coefficient (Wildman–Crippen LogP) is 17.6. The first-order valence-corrected chi connectivity index (χ1v) is 27.4. The molecule has 0 radical (unpaired) electrons. The number of anilines is 5. The summed E-state index contributed by atoms with van der Waals surface area (Å²) in [6, 6.07) is 68.3. The lowest BCUT2D eigenvalue weighted by Crippen LogP contribution is -2.63. The van der Waals surface area contributed by atoms with E-state index >= 15 is 0 Å². The van der Waals surface area contributed by atoms with Gasteiger partial charge in [0.15, 0.2) is 0 Å². The highest BCUT2D eigenvalue weighted by Gasteiger charge is 2.56. The molecule has 9 aromatic carbocycles. The highest BCUT2D eigenvalue weighted by molar-refractivity contribution is 6.94. The molecule has 0 bridgehead atoms. The van der Waals surface area contributed by atoms with Crippen LogP contribution in [0.25, 0.3) is 55.3 Å². The van der Waals surface area contributed by atoms with Crippen LogP contribution in [0, 0.1) is 0 Å². The molecule has 1 spiro atoms. The van der Waals surface area contributed by atoms with E-state index in [1.165, 1.54) is 128 Å². The fraction of sp³-hybridized carbons (Fsp3) is 0.239. The molecule has 2 aliphatic carbocycles. The Bertz CT molecular complexity index is 4070. The molecule has 0 N–H and O–H groups in total. The van der Waals surface area contributed by atoms with E-state index in [4.69, 9.17) is 4.42 Å². The zero-order chi connectivity index (χ0) is 51.3. The van der Waals surface area contributed by atoms with Crippen molar-refractivity contribution in [3.05, 3.63) is 220 Å². The first kappa shape index (κ1) is 44.9. The highest BCUT2D eigenvalue weighted by atomic mass is 16.3. The minimum Gasteiger partial charge on any atom is -0.456 e. The van der Waals surface area contributed by atoms with Crippen molar-refractivity contribution < 1.29 is 4.42 Å². The summed E-state index contributed by atoms with van der Waals surface area (Å²) in [5.41, 5.74) is 28.4. The third-order valence-electron chi connectivity index (χ3n) is 18.6. The van der Waals surface area contributed by atoms with Crippen LogP contribution in [-0.2, 0) is 27.1 Å². The predicted molar refractivity (Wildman–Crippen MR) is 316 cm³/mol. The van der Waals surface area contributed by atoms with Gasteiger partial charge >= 0.3 is 6.85 Å². The summed E-state index contributed by atoms with van der Waals surface area (Å²) in [6.45, 7) is 23.7. The van der Waals surface area contributed by atoms with Crippen molar-refractivity contribution in [1.82, 2.24) is 0 Å². The van der Waals surface area contributed by atoms with E-state index < -0.39 is 5.41 Å². The van der Waals surface area contributed by atoms with Crippen LogP contribution in [0.5, 0.6) is 0 Å². The molecule has 15 rings (SSSR count). The first-order chi connectivity index (χ1) is 36.0. The van der Waals surface area contributed by atoms with E-state index in [2.05, 4.69) is 255 Å². The Hall–Kier alpha value is -7.56. The second-order valence-electron chi connectivity index (χ2n) is 25.9. The summed E-state index contributed by atoms with van der Waals surface area (Å²) < 4.78 is 7.27. The number of benzene rings is 9. The molecule has 75 heavy (non-hydrogen) atoms.